The Morgan fingerprint density at radius 1 is 1.14 bits per heavy atom. The number of hydrogen-bond acceptors (Lipinski definition) is 8. The van der Waals surface area contributed by atoms with Crippen molar-refractivity contribution >= 4 is 52.0 Å². The third kappa shape index (κ3) is 6.40. The number of thioether (sulfide) groups is 1. The molecule has 0 aliphatic carbocycles. The second kappa shape index (κ2) is 9.80. The Morgan fingerprint density at radius 2 is 1.86 bits per heavy atom. The predicted molar refractivity (Wildman–Crippen MR) is 114 cm³/mol. The molecule has 0 atom stereocenters. The summed E-state index contributed by atoms with van der Waals surface area (Å²) in [7, 11) is 0. The Kier molecular flexibility index (Phi) is 6.93. The lowest BCUT2D eigenvalue weighted by Gasteiger charge is -2.01. The van der Waals surface area contributed by atoms with E-state index in [2.05, 4.69) is 26.0 Å². The second-order valence-corrected chi connectivity index (χ2v) is 8.07. The molecule has 8 nitrogen and oxygen atoms in total. The van der Waals surface area contributed by atoms with Crippen LogP contribution in [0.25, 0.3) is 0 Å². The highest BCUT2D eigenvalue weighted by molar-refractivity contribution is 8.01. The Bertz CT molecular complexity index is 1020. The van der Waals surface area contributed by atoms with Gasteiger partial charge in [0, 0.05) is 5.69 Å². The van der Waals surface area contributed by atoms with E-state index in [9.17, 15) is 9.59 Å². The first-order valence-electron chi connectivity index (χ1n) is 8.45. The summed E-state index contributed by atoms with van der Waals surface area (Å²) >= 11 is 2.63. The van der Waals surface area contributed by atoms with Crippen molar-refractivity contribution in [1.82, 2.24) is 15.6 Å². The summed E-state index contributed by atoms with van der Waals surface area (Å²) in [5, 5.41) is 24.7. The number of benzene rings is 2. The molecular weight excluding hydrogens is 410 g/mol. The van der Waals surface area contributed by atoms with Crippen LogP contribution in [0.3, 0.4) is 0 Å². The molecular formula is C19H17N5O3S2. The Balaban J connectivity index is 1.44. The normalized spacial score (nSPS) is 10.8. The molecule has 3 rings (SSSR count). The van der Waals surface area contributed by atoms with Gasteiger partial charge >= 0.3 is 5.97 Å². The van der Waals surface area contributed by atoms with E-state index >= 15 is 0 Å². The summed E-state index contributed by atoms with van der Waals surface area (Å²) in [6.07, 6.45) is 1.45. The lowest BCUT2D eigenvalue weighted by molar-refractivity contribution is -0.118. The van der Waals surface area contributed by atoms with Crippen LogP contribution in [0.4, 0.5) is 10.8 Å². The van der Waals surface area contributed by atoms with Gasteiger partial charge in [-0.2, -0.15) is 5.10 Å². The first-order chi connectivity index (χ1) is 14.0. The molecule has 0 unspecified atom stereocenters. The van der Waals surface area contributed by atoms with Gasteiger partial charge in [-0.25, -0.2) is 10.2 Å². The molecule has 0 spiro atoms. The molecule has 0 aliphatic rings. The molecule has 3 N–H and O–H groups in total. The molecule has 0 radical (unpaired) electrons. The summed E-state index contributed by atoms with van der Waals surface area (Å²) in [6, 6.07) is 14.1. The van der Waals surface area contributed by atoms with Gasteiger partial charge in [-0.3, -0.25) is 4.79 Å². The number of nitrogens with zero attached hydrogens (tertiary/aromatic N) is 3. The summed E-state index contributed by atoms with van der Waals surface area (Å²) in [5.74, 6) is -1.13. The Labute approximate surface area is 175 Å². The smallest absolute Gasteiger partial charge is 0.335 e. The second-order valence-electron chi connectivity index (χ2n) is 5.87. The van der Waals surface area contributed by atoms with Gasteiger partial charge in [0.1, 0.15) is 0 Å². The molecule has 2 aromatic carbocycles. The van der Waals surface area contributed by atoms with E-state index in [1.807, 2.05) is 31.2 Å². The highest BCUT2D eigenvalue weighted by atomic mass is 32.2. The average Bonchev–Trinajstić information content (AvgIpc) is 3.16. The standard InChI is InChI=1S/C19H17N5O3S2/c1-12-2-8-15(9-3-12)21-18-23-24-19(29-18)28-11-16(25)22-20-10-13-4-6-14(7-5-13)17(26)27/h2-10H,11H2,1H3,(H,21,23)(H,22,25)(H,26,27). The topological polar surface area (TPSA) is 117 Å². The zero-order valence-corrected chi connectivity index (χ0v) is 17.0. The quantitative estimate of drug-likeness (QED) is 0.286. The fraction of sp³-hybridized carbons (Fsp3) is 0.105. The van der Waals surface area contributed by atoms with Crippen LogP contribution in [0.5, 0.6) is 0 Å². The highest BCUT2D eigenvalue weighted by Gasteiger charge is 2.08. The number of amides is 1. The van der Waals surface area contributed by atoms with Gasteiger partial charge in [-0.15, -0.1) is 10.2 Å². The molecule has 148 valence electrons. The number of aromatic carboxylic acids is 1. The van der Waals surface area contributed by atoms with Crippen LogP contribution < -0.4 is 10.7 Å². The number of hydrazone groups is 1. The van der Waals surface area contributed by atoms with E-state index in [1.165, 1.54) is 47.0 Å². The van der Waals surface area contributed by atoms with Gasteiger partial charge in [-0.05, 0) is 36.8 Å². The monoisotopic (exact) mass is 427 g/mol. The van der Waals surface area contributed by atoms with Crippen molar-refractivity contribution in [3.05, 3.63) is 65.2 Å². The number of hydrogen-bond donors (Lipinski definition) is 3. The fourth-order valence-corrected chi connectivity index (χ4v) is 3.69. The number of nitrogens with one attached hydrogen (secondary N) is 2. The fourth-order valence-electron chi connectivity index (χ4n) is 2.13. The largest absolute Gasteiger partial charge is 0.478 e. The van der Waals surface area contributed by atoms with Gasteiger partial charge in [0.25, 0.3) is 5.91 Å². The molecule has 10 heteroatoms. The van der Waals surface area contributed by atoms with Crippen LogP contribution in [0.15, 0.2) is 58.0 Å². The van der Waals surface area contributed by atoms with Crippen LogP contribution in [-0.4, -0.2) is 39.1 Å². The number of carboxylic acid groups (broad SMARTS) is 1. The van der Waals surface area contributed by atoms with E-state index in [0.29, 0.717) is 15.0 Å². The predicted octanol–water partition coefficient (Wildman–Crippen LogP) is 3.53. The van der Waals surface area contributed by atoms with E-state index < -0.39 is 5.97 Å². The van der Waals surface area contributed by atoms with E-state index in [-0.39, 0.29) is 17.2 Å². The molecule has 0 saturated carbocycles. The molecule has 0 bridgehead atoms. The number of carboxylic acids is 1. The summed E-state index contributed by atoms with van der Waals surface area (Å²) in [6.45, 7) is 2.02. The molecule has 0 saturated heterocycles. The molecule has 0 aliphatic heterocycles. The van der Waals surface area contributed by atoms with Gasteiger partial charge in [-0.1, -0.05) is 52.9 Å². The van der Waals surface area contributed by atoms with Crippen LogP contribution >= 0.6 is 23.1 Å². The minimum Gasteiger partial charge on any atom is -0.478 e. The minimum absolute atomic E-state index is 0.147. The lowest BCUT2D eigenvalue weighted by Crippen LogP contribution is -2.19. The zero-order valence-electron chi connectivity index (χ0n) is 15.3. The number of aryl methyl sites for hydroxylation is 1. The van der Waals surface area contributed by atoms with Crippen molar-refractivity contribution in [2.45, 2.75) is 11.3 Å². The summed E-state index contributed by atoms with van der Waals surface area (Å²) in [4.78, 5) is 22.7. The number of rotatable bonds is 8. The molecule has 29 heavy (non-hydrogen) atoms. The third-order valence-corrected chi connectivity index (χ3v) is 5.57. The molecule has 3 aromatic rings. The van der Waals surface area contributed by atoms with Gasteiger partial charge in [0.15, 0.2) is 4.34 Å². The number of aromatic nitrogens is 2. The van der Waals surface area contributed by atoms with Crippen LogP contribution in [-0.2, 0) is 4.79 Å². The van der Waals surface area contributed by atoms with Gasteiger partial charge in [0.05, 0.1) is 17.5 Å². The maximum atomic E-state index is 11.9. The third-order valence-electron chi connectivity index (χ3n) is 3.60. The molecule has 1 aromatic heterocycles. The van der Waals surface area contributed by atoms with E-state index in [0.717, 1.165) is 5.69 Å². The maximum Gasteiger partial charge on any atom is 0.335 e. The van der Waals surface area contributed by atoms with Crippen LogP contribution in [0.2, 0.25) is 0 Å². The van der Waals surface area contributed by atoms with Crippen molar-refractivity contribution in [3.63, 3.8) is 0 Å². The van der Waals surface area contributed by atoms with Crippen molar-refractivity contribution < 1.29 is 14.7 Å². The van der Waals surface area contributed by atoms with Crippen molar-refractivity contribution in [1.29, 1.82) is 0 Å². The molecule has 0 fully saturated rings. The lowest BCUT2D eigenvalue weighted by atomic mass is 10.1. The maximum absolute atomic E-state index is 11.9. The Hall–Kier alpha value is -3.24. The number of anilines is 2. The number of carbonyl (C=O) groups is 2. The summed E-state index contributed by atoms with van der Waals surface area (Å²) < 4.78 is 0.669. The molecule has 1 heterocycles. The van der Waals surface area contributed by atoms with Crippen molar-refractivity contribution in [2.24, 2.45) is 5.10 Å². The van der Waals surface area contributed by atoms with Gasteiger partial charge in [0.2, 0.25) is 5.13 Å². The first-order valence-corrected chi connectivity index (χ1v) is 10.2. The number of carbonyl (C=O) groups excluding carboxylic acids is 1. The van der Waals surface area contributed by atoms with Crippen molar-refractivity contribution in [2.75, 3.05) is 11.1 Å². The zero-order chi connectivity index (χ0) is 20.6. The minimum atomic E-state index is -0.993. The van der Waals surface area contributed by atoms with Crippen LogP contribution in [0.1, 0.15) is 21.5 Å². The molecule has 1 amide bonds. The van der Waals surface area contributed by atoms with E-state index in [1.54, 1.807) is 12.1 Å². The summed E-state index contributed by atoms with van der Waals surface area (Å²) in [5.41, 5.74) is 5.39. The first kappa shape index (κ1) is 20.5. The highest BCUT2D eigenvalue weighted by Crippen LogP contribution is 2.27. The van der Waals surface area contributed by atoms with Gasteiger partial charge < -0.3 is 10.4 Å². The van der Waals surface area contributed by atoms with E-state index in [4.69, 9.17) is 5.11 Å². The SMILES string of the molecule is Cc1ccc(Nc2nnc(SCC(=O)NN=Cc3ccc(C(=O)O)cc3)s2)cc1. The van der Waals surface area contributed by atoms with Crippen molar-refractivity contribution in [3.8, 4) is 0 Å². The van der Waals surface area contributed by atoms with Crippen LogP contribution in [0, 0.1) is 6.92 Å². The average molecular weight is 428 g/mol. The Morgan fingerprint density at radius 3 is 2.55 bits per heavy atom.